The molecule has 1 fully saturated rings. The molecule has 0 aliphatic carbocycles. The lowest BCUT2D eigenvalue weighted by Crippen LogP contribution is -2.46. The topological polar surface area (TPSA) is 24.9 Å². The van der Waals surface area contributed by atoms with Crippen molar-refractivity contribution in [2.24, 2.45) is 0 Å². The maximum atomic E-state index is 6.18. The van der Waals surface area contributed by atoms with Crippen molar-refractivity contribution >= 4 is 17.3 Å². The molecule has 0 saturated carbocycles. The number of methoxy groups -OCH3 is 1. The number of hydrogen-bond acceptors (Lipinski definition) is 4. The third kappa shape index (κ3) is 7.15. The lowest BCUT2D eigenvalue weighted by molar-refractivity contribution is 0.238. The van der Waals surface area contributed by atoms with Crippen LogP contribution in [0.5, 0.6) is 11.5 Å². The SMILES string of the molecule is COc1cccc(CCc2ccccc2OCCCCN2CCN(c3cccc(Cl)c3)CC2)c1. The second kappa shape index (κ2) is 12.7. The van der Waals surface area contributed by atoms with Crippen molar-refractivity contribution < 1.29 is 9.47 Å². The molecule has 0 aromatic heterocycles. The van der Waals surface area contributed by atoms with Crippen LogP contribution in [-0.4, -0.2) is 51.3 Å². The number of nitrogens with zero attached hydrogens (tertiary/aromatic N) is 2. The number of unbranched alkanes of at least 4 members (excludes halogenated alkanes) is 1. The molecular weight excluding hydrogens is 444 g/mol. The van der Waals surface area contributed by atoms with Gasteiger partial charge in [0, 0.05) is 36.9 Å². The minimum Gasteiger partial charge on any atom is -0.497 e. The first-order valence-corrected chi connectivity index (χ1v) is 12.7. The van der Waals surface area contributed by atoms with Crippen molar-refractivity contribution in [3.63, 3.8) is 0 Å². The van der Waals surface area contributed by atoms with Gasteiger partial charge in [-0.1, -0.05) is 48.0 Å². The lowest BCUT2D eigenvalue weighted by Gasteiger charge is -2.36. The Kier molecular flexibility index (Phi) is 9.12. The molecule has 1 aliphatic rings. The molecule has 3 aromatic rings. The quantitative estimate of drug-likeness (QED) is 0.310. The minimum absolute atomic E-state index is 0.763. The van der Waals surface area contributed by atoms with E-state index in [0.29, 0.717) is 0 Å². The Hall–Kier alpha value is -2.69. The minimum atomic E-state index is 0.763. The summed E-state index contributed by atoms with van der Waals surface area (Å²) < 4.78 is 11.5. The van der Waals surface area contributed by atoms with Gasteiger partial charge in [0.05, 0.1) is 13.7 Å². The van der Waals surface area contributed by atoms with E-state index in [0.717, 1.165) is 81.5 Å². The summed E-state index contributed by atoms with van der Waals surface area (Å²) in [4.78, 5) is 4.98. The smallest absolute Gasteiger partial charge is 0.122 e. The average molecular weight is 479 g/mol. The standard InChI is InChI=1S/C29H35ClN2O2/c1-33-28-12-6-8-24(22-28)14-15-25-9-2-3-13-29(25)34-21-5-4-16-31-17-19-32(20-18-31)27-11-7-10-26(30)23-27/h2-3,6-13,22-23H,4-5,14-21H2,1H3. The zero-order valence-corrected chi connectivity index (χ0v) is 20.8. The maximum Gasteiger partial charge on any atom is 0.122 e. The molecule has 180 valence electrons. The Labute approximate surface area is 209 Å². The molecule has 4 nitrogen and oxygen atoms in total. The zero-order valence-electron chi connectivity index (χ0n) is 20.1. The monoisotopic (exact) mass is 478 g/mol. The van der Waals surface area contributed by atoms with Gasteiger partial charge in [-0.15, -0.1) is 0 Å². The summed E-state index contributed by atoms with van der Waals surface area (Å²) in [5.74, 6) is 1.92. The van der Waals surface area contributed by atoms with Crippen molar-refractivity contribution in [2.45, 2.75) is 25.7 Å². The molecule has 5 heteroatoms. The van der Waals surface area contributed by atoms with Crippen LogP contribution in [0.25, 0.3) is 0 Å². The molecule has 0 radical (unpaired) electrons. The van der Waals surface area contributed by atoms with Gasteiger partial charge in [0.25, 0.3) is 0 Å². The van der Waals surface area contributed by atoms with Gasteiger partial charge >= 0.3 is 0 Å². The highest BCUT2D eigenvalue weighted by atomic mass is 35.5. The Balaban J connectivity index is 1.16. The average Bonchev–Trinajstić information content (AvgIpc) is 2.88. The summed E-state index contributed by atoms with van der Waals surface area (Å²) in [5.41, 5.74) is 3.78. The molecule has 3 aromatic carbocycles. The fourth-order valence-electron chi connectivity index (χ4n) is 4.48. The molecule has 0 atom stereocenters. The Bertz CT molecular complexity index is 1030. The van der Waals surface area contributed by atoms with Crippen molar-refractivity contribution in [2.75, 3.05) is 51.3 Å². The first-order valence-electron chi connectivity index (χ1n) is 12.3. The van der Waals surface area contributed by atoms with Crippen LogP contribution in [0.4, 0.5) is 5.69 Å². The number of anilines is 1. The number of ether oxygens (including phenoxy) is 2. The van der Waals surface area contributed by atoms with Crippen LogP contribution in [0.2, 0.25) is 5.02 Å². The number of para-hydroxylation sites is 1. The number of piperazine rings is 1. The second-order valence-electron chi connectivity index (χ2n) is 8.82. The van der Waals surface area contributed by atoms with Gasteiger partial charge in [-0.3, -0.25) is 4.90 Å². The van der Waals surface area contributed by atoms with Crippen LogP contribution >= 0.6 is 11.6 Å². The van der Waals surface area contributed by atoms with E-state index in [4.69, 9.17) is 21.1 Å². The van der Waals surface area contributed by atoms with E-state index in [1.807, 2.05) is 24.3 Å². The van der Waals surface area contributed by atoms with Crippen LogP contribution in [0.3, 0.4) is 0 Å². The number of benzene rings is 3. The van der Waals surface area contributed by atoms with Gasteiger partial charge in [-0.25, -0.2) is 0 Å². The number of aryl methyl sites for hydroxylation is 2. The molecule has 0 unspecified atom stereocenters. The van der Waals surface area contributed by atoms with Gasteiger partial charge in [-0.05, 0) is 79.8 Å². The summed E-state index contributed by atoms with van der Waals surface area (Å²) in [6.07, 6.45) is 4.15. The molecule has 0 amide bonds. The lowest BCUT2D eigenvalue weighted by atomic mass is 10.0. The van der Waals surface area contributed by atoms with Crippen molar-refractivity contribution in [1.82, 2.24) is 4.90 Å². The summed E-state index contributed by atoms with van der Waals surface area (Å²) in [5, 5.41) is 0.807. The van der Waals surface area contributed by atoms with E-state index in [9.17, 15) is 0 Å². The molecular formula is C29H35ClN2O2. The van der Waals surface area contributed by atoms with Crippen molar-refractivity contribution in [3.05, 3.63) is 88.9 Å². The number of rotatable bonds is 11. The largest absolute Gasteiger partial charge is 0.497 e. The summed E-state index contributed by atoms with van der Waals surface area (Å²) in [7, 11) is 1.71. The Morgan fingerprint density at radius 3 is 2.47 bits per heavy atom. The first-order chi connectivity index (χ1) is 16.7. The van der Waals surface area contributed by atoms with Gasteiger partial charge < -0.3 is 14.4 Å². The van der Waals surface area contributed by atoms with Gasteiger partial charge in [0.15, 0.2) is 0 Å². The maximum absolute atomic E-state index is 6.18. The van der Waals surface area contributed by atoms with E-state index >= 15 is 0 Å². The third-order valence-electron chi connectivity index (χ3n) is 6.46. The second-order valence-corrected chi connectivity index (χ2v) is 9.26. The van der Waals surface area contributed by atoms with E-state index in [2.05, 4.69) is 58.3 Å². The highest BCUT2D eigenvalue weighted by molar-refractivity contribution is 6.30. The van der Waals surface area contributed by atoms with Gasteiger partial charge in [0.1, 0.15) is 11.5 Å². The van der Waals surface area contributed by atoms with Gasteiger partial charge in [-0.2, -0.15) is 0 Å². The van der Waals surface area contributed by atoms with E-state index < -0.39 is 0 Å². The molecule has 1 saturated heterocycles. The fourth-order valence-corrected chi connectivity index (χ4v) is 4.66. The molecule has 0 spiro atoms. The highest BCUT2D eigenvalue weighted by Crippen LogP contribution is 2.23. The van der Waals surface area contributed by atoms with Crippen LogP contribution in [0.15, 0.2) is 72.8 Å². The summed E-state index contributed by atoms with van der Waals surface area (Å²) in [6, 6.07) is 24.9. The highest BCUT2D eigenvalue weighted by Gasteiger charge is 2.17. The van der Waals surface area contributed by atoms with E-state index in [-0.39, 0.29) is 0 Å². The van der Waals surface area contributed by atoms with Crippen LogP contribution in [0.1, 0.15) is 24.0 Å². The first kappa shape index (κ1) is 24.4. The zero-order chi connectivity index (χ0) is 23.6. The molecule has 1 aliphatic heterocycles. The van der Waals surface area contributed by atoms with Crippen LogP contribution in [-0.2, 0) is 12.8 Å². The Morgan fingerprint density at radius 2 is 1.65 bits per heavy atom. The molecule has 4 rings (SSSR count). The fraction of sp³-hybridized carbons (Fsp3) is 0.379. The molecule has 1 heterocycles. The van der Waals surface area contributed by atoms with Gasteiger partial charge in [0.2, 0.25) is 0 Å². The van der Waals surface area contributed by atoms with Crippen LogP contribution in [0, 0.1) is 0 Å². The summed E-state index contributed by atoms with van der Waals surface area (Å²) in [6.45, 7) is 6.19. The normalized spacial score (nSPS) is 14.2. The van der Waals surface area contributed by atoms with Crippen molar-refractivity contribution in [1.29, 1.82) is 0 Å². The van der Waals surface area contributed by atoms with E-state index in [1.165, 1.54) is 16.8 Å². The molecule has 34 heavy (non-hydrogen) atoms. The molecule has 0 N–H and O–H groups in total. The third-order valence-corrected chi connectivity index (χ3v) is 6.70. The predicted octanol–water partition coefficient (Wildman–Crippen LogP) is 6.12. The van der Waals surface area contributed by atoms with E-state index in [1.54, 1.807) is 7.11 Å². The number of halogens is 1. The summed E-state index contributed by atoms with van der Waals surface area (Å²) >= 11 is 6.15. The predicted molar refractivity (Wildman–Crippen MR) is 142 cm³/mol. The van der Waals surface area contributed by atoms with Crippen molar-refractivity contribution in [3.8, 4) is 11.5 Å². The molecule has 0 bridgehead atoms. The van der Waals surface area contributed by atoms with Crippen LogP contribution < -0.4 is 14.4 Å². The number of hydrogen-bond donors (Lipinski definition) is 0. The Morgan fingerprint density at radius 1 is 0.824 bits per heavy atom.